The highest BCUT2D eigenvalue weighted by Gasteiger charge is 2.09. The van der Waals surface area contributed by atoms with Gasteiger partial charge < -0.3 is 15.2 Å². The molecule has 0 aliphatic heterocycles. The number of hydrogen-bond donors (Lipinski definition) is 2. The lowest BCUT2D eigenvalue weighted by atomic mass is 10.2. The number of anilines is 1. The summed E-state index contributed by atoms with van der Waals surface area (Å²) in [6.45, 7) is 1.42. The Labute approximate surface area is 110 Å². The molecular formula is C12H16ClF2NO2. The molecule has 1 aromatic rings. The van der Waals surface area contributed by atoms with Gasteiger partial charge >= 0.3 is 0 Å². The first kappa shape index (κ1) is 15.0. The molecule has 1 unspecified atom stereocenters. The topological polar surface area (TPSA) is 41.5 Å². The molecule has 18 heavy (non-hydrogen) atoms. The molecule has 1 aromatic carbocycles. The van der Waals surface area contributed by atoms with E-state index >= 15 is 0 Å². The van der Waals surface area contributed by atoms with Crippen molar-refractivity contribution in [2.24, 2.45) is 0 Å². The molecule has 0 saturated heterocycles. The van der Waals surface area contributed by atoms with Gasteiger partial charge in [0, 0.05) is 6.54 Å². The van der Waals surface area contributed by atoms with E-state index in [9.17, 15) is 13.9 Å². The van der Waals surface area contributed by atoms with E-state index in [0.29, 0.717) is 11.4 Å². The first-order valence-electron chi connectivity index (χ1n) is 5.52. The van der Waals surface area contributed by atoms with E-state index in [4.69, 9.17) is 16.3 Å². The third-order valence-electron chi connectivity index (χ3n) is 2.21. The van der Waals surface area contributed by atoms with Gasteiger partial charge in [-0.2, -0.15) is 0 Å². The highest BCUT2D eigenvalue weighted by Crippen LogP contribution is 2.26. The Morgan fingerprint density at radius 3 is 2.78 bits per heavy atom. The number of aliphatic hydroxyl groups is 1. The quantitative estimate of drug-likeness (QED) is 0.754. The van der Waals surface area contributed by atoms with Crippen molar-refractivity contribution < 1.29 is 18.6 Å². The number of alkyl halides is 3. The fraction of sp³-hybridized carbons (Fsp3) is 0.500. The summed E-state index contributed by atoms with van der Waals surface area (Å²) in [5.74, 6) is 0.448. The van der Waals surface area contributed by atoms with E-state index in [-0.39, 0.29) is 12.4 Å². The van der Waals surface area contributed by atoms with E-state index in [1.165, 1.54) is 0 Å². The summed E-state index contributed by atoms with van der Waals surface area (Å²) in [7, 11) is 0. The summed E-state index contributed by atoms with van der Waals surface area (Å²) >= 11 is 5.47. The van der Waals surface area contributed by atoms with Gasteiger partial charge in [-0.1, -0.05) is 6.07 Å². The molecule has 0 radical (unpaired) electrons. The molecule has 3 nitrogen and oxygen atoms in total. The fourth-order valence-electron chi connectivity index (χ4n) is 1.33. The summed E-state index contributed by atoms with van der Waals surface area (Å²) in [6.07, 6.45) is -3.22. The normalized spacial score (nSPS) is 12.6. The SMILES string of the molecule is Cc1ccc(NCC(O)CCl)c(OCC(F)F)c1. The van der Waals surface area contributed by atoms with Crippen LogP contribution in [0, 0.1) is 6.92 Å². The fourth-order valence-corrected chi connectivity index (χ4v) is 1.44. The zero-order valence-corrected chi connectivity index (χ0v) is 10.8. The maximum atomic E-state index is 12.1. The van der Waals surface area contributed by atoms with Gasteiger partial charge in [0.2, 0.25) is 0 Å². The van der Waals surface area contributed by atoms with Crippen LogP contribution in [0.5, 0.6) is 5.75 Å². The number of nitrogens with one attached hydrogen (secondary N) is 1. The number of benzene rings is 1. The van der Waals surface area contributed by atoms with Gasteiger partial charge in [-0.25, -0.2) is 8.78 Å². The number of halogens is 3. The molecule has 0 heterocycles. The van der Waals surface area contributed by atoms with Crippen molar-refractivity contribution in [2.75, 3.05) is 24.3 Å². The molecule has 102 valence electrons. The standard InChI is InChI=1S/C12H16ClF2NO2/c1-8-2-3-10(16-6-9(17)5-13)11(4-8)18-7-12(14)15/h2-4,9,12,16-17H,5-7H2,1H3. The molecule has 1 atom stereocenters. The van der Waals surface area contributed by atoms with Gasteiger partial charge in [-0.15, -0.1) is 11.6 Å². The zero-order chi connectivity index (χ0) is 13.5. The van der Waals surface area contributed by atoms with Crippen molar-refractivity contribution in [2.45, 2.75) is 19.5 Å². The Morgan fingerprint density at radius 1 is 1.44 bits per heavy atom. The molecule has 1 rings (SSSR count). The van der Waals surface area contributed by atoms with Crippen molar-refractivity contribution in [1.29, 1.82) is 0 Å². The maximum Gasteiger partial charge on any atom is 0.272 e. The van der Waals surface area contributed by atoms with Crippen LogP contribution < -0.4 is 10.1 Å². The largest absolute Gasteiger partial charge is 0.485 e. The van der Waals surface area contributed by atoms with E-state index in [0.717, 1.165) is 5.56 Å². The van der Waals surface area contributed by atoms with Gasteiger partial charge in [0.25, 0.3) is 6.43 Å². The number of rotatable bonds is 7. The third kappa shape index (κ3) is 5.06. The number of aryl methyl sites for hydroxylation is 1. The maximum absolute atomic E-state index is 12.1. The summed E-state index contributed by atoms with van der Waals surface area (Å²) in [4.78, 5) is 0. The smallest absolute Gasteiger partial charge is 0.272 e. The van der Waals surface area contributed by atoms with Crippen molar-refractivity contribution in [3.8, 4) is 5.75 Å². The number of hydrogen-bond acceptors (Lipinski definition) is 3. The van der Waals surface area contributed by atoms with Crippen LogP contribution in [-0.4, -0.2) is 36.7 Å². The highest BCUT2D eigenvalue weighted by molar-refractivity contribution is 6.18. The minimum absolute atomic E-state index is 0.103. The van der Waals surface area contributed by atoms with Crippen LogP contribution in [0.3, 0.4) is 0 Å². The first-order valence-corrected chi connectivity index (χ1v) is 6.06. The number of aliphatic hydroxyl groups excluding tert-OH is 1. The summed E-state index contributed by atoms with van der Waals surface area (Å²) in [5, 5.41) is 12.2. The second kappa shape index (κ2) is 7.38. The van der Waals surface area contributed by atoms with Crippen LogP contribution in [0.25, 0.3) is 0 Å². The van der Waals surface area contributed by atoms with Crippen molar-refractivity contribution >= 4 is 17.3 Å². The highest BCUT2D eigenvalue weighted by atomic mass is 35.5. The van der Waals surface area contributed by atoms with Gasteiger partial charge in [0.05, 0.1) is 17.7 Å². The Hall–Kier alpha value is -1.07. The molecule has 0 fully saturated rings. The van der Waals surface area contributed by atoms with Crippen LogP contribution in [0.2, 0.25) is 0 Å². The Balaban J connectivity index is 2.69. The van der Waals surface area contributed by atoms with Crippen molar-refractivity contribution in [3.05, 3.63) is 23.8 Å². The van der Waals surface area contributed by atoms with Crippen LogP contribution in [-0.2, 0) is 0 Å². The molecule has 0 saturated carbocycles. The lowest BCUT2D eigenvalue weighted by Crippen LogP contribution is -2.21. The molecule has 0 aliphatic carbocycles. The summed E-state index contributed by atoms with van der Waals surface area (Å²) in [5.41, 5.74) is 1.47. The van der Waals surface area contributed by atoms with E-state index < -0.39 is 19.1 Å². The monoisotopic (exact) mass is 279 g/mol. The summed E-state index contributed by atoms with van der Waals surface area (Å²) in [6, 6.07) is 5.21. The van der Waals surface area contributed by atoms with E-state index in [1.807, 2.05) is 13.0 Å². The molecule has 0 spiro atoms. The Bertz CT molecular complexity index is 377. The van der Waals surface area contributed by atoms with Crippen molar-refractivity contribution in [3.63, 3.8) is 0 Å². The van der Waals surface area contributed by atoms with Crippen LogP contribution in [0.1, 0.15) is 5.56 Å². The second-order valence-corrected chi connectivity index (χ2v) is 4.20. The Kier molecular flexibility index (Phi) is 6.15. The predicted octanol–water partition coefficient (Wildman–Crippen LogP) is 2.65. The third-order valence-corrected chi connectivity index (χ3v) is 2.56. The lowest BCUT2D eigenvalue weighted by molar-refractivity contribution is 0.0822. The predicted molar refractivity (Wildman–Crippen MR) is 67.9 cm³/mol. The summed E-state index contributed by atoms with van der Waals surface area (Å²) < 4.78 is 29.3. The van der Waals surface area contributed by atoms with E-state index in [1.54, 1.807) is 12.1 Å². The molecule has 6 heteroatoms. The van der Waals surface area contributed by atoms with Gasteiger partial charge in [-0.3, -0.25) is 0 Å². The minimum Gasteiger partial charge on any atom is -0.485 e. The average molecular weight is 280 g/mol. The van der Waals surface area contributed by atoms with Gasteiger partial charge in [0.15, 0.2) is 0 Å². The molecular weight excluding hydrogens is 264 g/mol. The molecule has 0 aromatic heterocycles. The molecule has 0 amide bonds. The van der Waals surface area contributed by atoms with Gasteiger partial charge in [0.1, 0.15) is 12.4 Å². The van der Waals surface area contributed by atoms with Crippen molar-refractivity contribution in [1.82, 2.24) is 0 Å². The lowest BCUT2D eigenvalue weighted by Gasteiger charge is -2.15. The first-order chi connectivity index (χ1) is 8.52. The second-order valence-electron chi connectivity index (χ2n) is 3.89. The van der Waals surface area contributed by atoms with Crippen LogP contribution in [0.15, 0.2) is 18.2 Å². The minimum atomic E-state index is -2.52. The Morgan fingerprint density at radius 2 is 2.17 bits per heavy atom. The molecule has 0 bridgehead atoms. The van der Waals surface area contributed by atoms with Crippen LogP contribution >= 0.6 is 11.6 Å². The molecule has 2 N–H and O–H groups in total. The van der Waals surface area contributed by atoms with Crippen LogP contribution in [0.4, 0.5) is 14.5 Å². The molecule has 0 aliphatic rings. The number of ether oxygens (including phenoxy) is 1. The van der Waals surface area contributed by atoms with Gasteiger partial charge in [-0.05, 0) is 24.6 Å². The average Bonchev–Trinajstić information content (AvgIpc) is 2.34. The van der Waals surface area contributed by atoms with E-state index in [2.05, 4.69) is 5.32 Å². The zero-order valence-electron chi connectivity index (χ0n) is 10.00.